The molecule has 0 atom stereocenters. The van der Waals surface area contributed by atoms with Crippen molar-refractivity contribution in [2.24, 2.45) is 0 Å². The van der Waals surface area contributed by atoms with Crippen LogP contribution in [-0.2, 0) is 0 Å². The van der Waals surface area contributed by atoms with Crippen LogP contribution in [-0.4, -0.2) is 0 Å². The molecule has 0 saturated heterocycles. The predicted molar refractivity (Wildman–Crippen MR) is 91.4 cm³/mol. The maximum absolute atomic E-state index is 12.5. The summed E-state index contributed by atoms with van der Waals surface area (Å²) in [6.45, 7) is 26.2. The summed E-state index contributed by atoms with van der Waals surface area (Å²) in [4.78, 5) is 0. The van der Waals surface area contributed by atoms with Gasteiger partial charge in [0, 0.05) is 0 Å². The first kappa shape index (κ1) is 26.8. The van der Waals surface area contributed by atoms with Crippen molar-refractivity contribution in [2.45, 2.75) is 41.5 Å². The average Bonchev–Trinajstić information content (AvgIpc) is 2.38. The minimum absolute atomic E-state index is 0. The quantitative estimate of drug-likeness (QED) is 0.483. The van der Waals surface area contributed by atoms with Gasteiger partial charge in [-0.1, -0.05) is 71.7 Å². The second-order valence-corrected chi connectivity index (χ2v) is 3.46. The smallest absolute Gasteiger partial charge is 0.116 e. The summed E-state index contributed by atoms with van der Waals surface area (Å²) in [5.41, 5.74) is 3.10. The van der Waals surface area contributed by atoms with E-state index in [1.807, 2.05) is 46.8 Å². The number of allylic oxidation sites excluding steroid dienone is 8. The zero-order chi connectivity index (χ0) is 16.0. The van der Waals surface area contributed by atoms with Gasteiger partial charge in [0.2, 0.25) is 0 Å². The molecule has 0 rings (SSSR count). The van der Waals surface area contributed by atoms with Crippen molar-refractivity contribution in [3.8, 4) is 0 Å². The summed E-state index contributed by atoms with van der Waals surface area (Å²) in [6.07, 6.45) is 4.98. The van der Waals surface area contributed by atoms with Crippen molar-refractivity contribution in [3.63, 3.8) is 0 Å². The Labute approximate surface area is 124 Å². The van der Waals surface area contributed by atoms with E-state index < -0.39 is 5.83 Å². The van der Waals surface area contributed by atoms with Crippen LogP contribution in [0.25, 0.3) is 0 Å². The Morgan fingerprint density at radius 1 is 0.850 bits per heavy atom. The fourth-order valence-electron chi connectivity index (χ4n) is 0.919. The molecular formula is C18H30F2. The predicted octanol–water partition coefficient (Wildman–Crippen LogP) is 6.87. The monoisotopic (exact) mass is 284 g/mol. The molecule has 0 nitrogen and oxygen atoms in total. The van der Waals surface area contributed by atoms with Gasteiger partial charge in [0.15, 0.2) is 0 Å². The van der Waals surface area contributed by atoms with Crippen LogP contribution in [0.2, 0.25) is 0 Å². The van der Waals surface area contributed by atoms with E-state index in [1.165, 1.54) is 6.08 Å². The largest absolute Gasteiger partial charge is 0.269 e. The molecule has 0 aliphatic carbocycles. The van der Waals surface area contributed by atoms with Crippen LogP contribution >= 0.6 is 0 Å². The highest BCUT2D eigenvalue weighted by Gasteiger charge is 1.99. The topological polar surface area (TPSA) is 0 Å². The highest BCUT2D eigenvalue weighted by atomic mass is 19.1. The number of hydrogen-bond acceptors (Lipinski definition) is 0. The molecule has 116 valence electrons. The molecule has 0 aliphatic rings. The molecule has 0 aromatic carbocycles. The summed E-state index contributed by atoms with van der Waals surface area (Å²) in [6, 6.07) is 0. The zero-order valence-electron chi connectivity index (χ0n) is 13.8. The maximum atomic E-state index is 12.5. The molecule has 0 aromatic heterocycles. The SMILES string of the molecule is C=C(C)/C=C\C(=C)C(=C)/C(C)=C\C(=C)F.CC.CC.F. The van der Waals surface area contributed by atoms with Crippen LogP contribution in [0.4, 0.5) is 9.09 Å². The Kier molecular flexibility index (Phi) is 23.2. The Hall–Kier alpha value is -1.70. The number of halogens is 2. The van der Waals surface area contributed by atoms with Gasteiger partial charge < -0.3 is 0 Å². The fraction of sp³-hybridized carbons (Fsp3) is 0.333. The molecular weight excluding hydrogens is 254 g/mol. The van der Waals surface area contributed by atoms with Gasteiger partial charge in [-0.05, 0) is 36.6 Å². The first-order valence-corrected chi connectivity index (χ1v) is 6.59. The van der Waals surface area contributed by atoms with E-state index in [0.717, 1.165) is 16.7 Å². The van der Waals surface area contributed by atoms with Gasteiger partial charge in [0.1, 0.15) is 5.83 Å². The van der Waals surface area contributed by atoms with Crippen LogP contribution in [0.1, 0.15) is 41.5 Å². The molecule has 20 heavy (non-hydrogen) atoms. The highest BCUT2D eigenvalue weighted by molar-refractivity contribution is 5.49. The van der Waals surface area contributed by atoms with Crippen LogP contribution in [0.5, 0.6) is 0 Å². The maximum Gasteiger partial charge on any atom is 0.116 e. The second-order valence-electron chi connectivity index (χ2n) is 3.46. The Morgan fingerprint density at radius 2 is 1.25 bits per heavy atom. The molecule has 0 heterocycles. The molecule has 0 spiro atoms. The zero-order valence-corrected chi connectivity index (χ0v) is 13.8. The van der Waals surface area contributed by atoms with E-state index in [2.05, 4.69) is 26.3 Å². The second kappa shape index (κ2) is 17.3. The number of rotatable bonds is 5. The lowest BCUT2D eigenvalue weighted by atomic mass is 10.0. The average molecular weight is 284 g/mol. The Bertz CT molecular complexity index is 369. The van der Waals surface area contributed by atoms with Gasteiger partial charge in [-0.3, -0.25) is 4.70 Å². The normalized spacial score (nSPS) is 9.25. The first-order chi connectivity index (χ1) is 8.84. The summed E-state index contributed by atoms with van der Waals surface area (Å²) < 4.78 is 12.5. The van der Waals surface area contributed by atoms with Crippen molar-refractivity contribution < 1.29 is 9.09 Å². The van der Waals surface area contributed by atoms with Crippen molar-refractivity contribution >= 4 is 0 Å². The third kappa shape index (κ3) is 16.3. The fourth-order valence-corrected chi connectivity index (χ4v) is 0.919. The van der Waals surface area contributed by atoms with Crippen molar-refractivity contribution in [1.29, 1.82) is 0 Å². The van der Waals surface area contributed by atoms with Gasteiger partial charge in [-0.25, -0.2) is 4.39 Å². The van der Waals surface area contributed by atoms with Gasteiger partial charge in [-0.15, -0.1) is 0 Å². The molecule has 0 fully saturated rings. The van der Waals surface area contributed by atoms with E-state index in [-0.39, 0.29) is 4.70 Å². The van der Waals surface area contributed by atoms with Crippen molar-refractivity contribution in [1.82, 2.24) is 0 Å². The van der Waals surface area contributed by atoms with Gasteiger partial charge in [0.05, 0.1) is 0 Å². The minimum atomic E-state index is -0.481. The molecule has 0 unspecified atom stereocenters. The first-order valence-electron chi connectivity index (χ1n) is 6.59. The molecule has 0 bridgehead atoms. The van der Waals surface area contributed by atoms with Gasteiger partial charge in [-0.2, -0.15) is 0 Å². The van der Waals surface area contributed by atoms with E-state index in [9.17, 15) is 4.39 Å². The molecule has 2 heteroatoms. The van der Waals surface area contributed by atoms with Crippen LogP contribution in [0, 0.1) is 0 Å². The minimum Gasteiger partial charge on any atom is -0.269 e. The Morgan fingerprint density at radius 3 is 1.55 bits per heavy atom. The lowest BCUT2D eigenvalue weighted by Gasteiger charge is -2.05. The third-order valence-electron chi connectivity index (χ3n) is 1.81. The number of hydrogen-bond donors (Lipinski definition) is 0. The van der Waals surface area contributed by atoms with Crippen molar-refractivity contribution in [2.75, 3.05) is 0 Å². The van der Waals surface area contributed by atoms with E-state index >= 15 is 0 Å². The molecule has 0 radical (unpaired) electrons. The molecule has 0 aromatic rings. The lowest BCUT2D eigenvalue weighted by Crippen LogP contribution is -1.86. The summed E-state index contributed by atoms with van der Waals surface area (Å²) >= 11 is 0. The van der Waals surface area contributed by atoms with E-state index in [1.54, 1.807) is 6.92 Å². The van der Waals surface area contributed by atoms with Crippen molar-refractivity contribution in [3.05, 3.63) is 72.7 Å². The van der Waals surface area contributed by atoms with Gasteiger partial charge >= 0.3 is 0 Å². The Balaban J connectivity index is -0.000000233. The van der Waals surface area contributed by atoms with Crippen LogP contribution in [0.15, 0.2) is 72.7 Å². The van der Waals surface area contributed by atoms with Crippen LogP contribution in [0.3, 0.4) is 0 Å². The third-order valence-corrected chi connectivity index (χ3v) is 1.81. The highest BCUT2D eigenvalue weighted by Crippen LogP contribution is 2.18. The summed E-state index contributed by atoms with van der Waals surface area (Å²) in [5.74, 6) is -0.481. The lowest BCUT2D eigenvalue weighted by molar-refractivity contribution is 0.670. The van der Waals surface area contributed by atoms with Gasteiger partial charge in [0.25, 0.3) is 0 Å². The standard InChI is InChI=1S/C14H17F.2C2H6.FH/c1-10(2)7-8-11(3)14(6)12(4)9-13(5)15;2*1-2;/h7-9H,1,3,5-6H2,2,4H3;2*1-2H3;1H/b8-7-,12-9-;;;. The molecule has 0 aliphatic heterocycles. The molecule has 0 N–H and O–H groups in total. The van der Waals surface area contributed by atoms with E-state index in [4.69, 9.17) is 0 Å². The summed E-state index contributed by atoms with van der Waals surface area (Å²) in [7, 11) is 0. The van der Waals surface area contributed by atoms with E-state index in [0.29, 0.717) is 5.57 Å². The molecule has 0 saturated carbocycles. The summed E-state index contributed by atoms with van der Waals surface area (Å²) in [5, 5.41) is 0. The van der Waals surface area contributed by atoms with Crippen LogP contribution < -0.4 is 0 Å². The molecule has 0 amide bonds.